The summed E-state index contributed by atoms with van der Waals surface area (Å²) in [4.78, 5) is 14.2. The second-order valence-electron chi connectivity index (χ2n) is 5.21. The molecule has 1 amide bonds. The van der Waals surface area contributed by atoms with Crippen LogP contribution in [-0.4, -0.2) is 36.5 Å². The van der Waals surface area contributed by atoms with E-state index in [4.69, 9.17) is 0 Å². The molecule has 1 N–H and O–H groups in total. The van der Waals surface area contributed by atoms with Crippen LogP contribution < -0.4 is 5.32 Å². The molecule has 0 aromatic rings. The molecular weight excluding hydrogens is 200 g/mol. The van der Waals surface area contributed by atoms with E-state index < -0.39 is 0 Å². The highest BCUT2D eigenvalue weighted by Crippen LogP contribution is 2.22. The first-order chi connectivity index (χ1) is 7.81. The van der Waals surface area contributed by atoms with E-state index in [1.54, 1.807) is 0 Å². The van der Waals surface area contributed by atoms with Crippen molar-refractivity contribution in [2.45, 2.75) is 51.5 Å². The van der Waals surface area contributed by atoms with Gasteiger partial charge in [-0.3, -0.25) is 4.79 Å². The fraction of sp³-hybridized carbons (Fsp3) is 0.923. The topological polar surface area (TPSA) is 32.3 Å². The van der Waals surface area contributed by atoms with E-state index in [-0.39, 0.29) is 6.04 Å². The highest BCUT2D eigenvalue weighted by Gasteiger charge is 2.29. The van der Waals surface area contributed by atoms with E-state index >= 15 is 0 Å². The van der Waals surface area contributed by atoms with E-state index in [9.17, 15) is 4.79 Å². The summed E-state index contributed by atoms with van der Waals surface area (Å²) in [6, 6.07) is 0.128. The van der Waals surface area contributed by atoms with Crippen LogP contribution in [0.1, 0.15) is 45.4 Å². The molecule has 2 fully saturated rings. The van der Waals surface area contributed by atoms with Crippen LogP contribution in [0.2, 0.25) is 0 Å². The number of nitrogens with one attached hydrogen (secondary N) is 1. The molecule has 0 saturated carbocycles. The summed E-state index contributed by atoms with van der Waals surface area (Å²) in [5.74, 6) is 1.22. The van der Waals surface area contributed by atoms with Crippen LogP contribution in [0.15, 0.2) is 0 Å². The molecule has 1 unspecified atom stereocenters. The van der Waals surface area contributed by atoms with Gasteiger partial charge >= 0.3 is 0 Å². The highest BCUT2D eigenvalue weighted by atomic mass is 16.2. The number of piperidine rings is 1. The highest BCUT2D eigenvalue weighted by molar-refractivity contribution is 5.82. The van der Waals surface area contributed by atoms with Crippen LogP contribution >= 0.6 is 0 Å². The summed E-state index contributed by atoms with van der Waals surface area (Å²) < 4.78 is 0. The minimum absolute atomic E-state index is 0.128. The first-order valence-electron chi connectivity index (χ1n) is 6.83. The van der Waals surface area contributed by atoms with Crippen molar-refractivity contribution in [2.75, 3.05) is 19.6 Å². The molecule has 0 aliphatic carbocycles. The number of carbonyl (C=O) groups excluding carboxylic acids is 1. The Labute approximate surface area is 98.6 Å². The van der Waals surface area contributed by atoms with Gasteiger partial charge in [-0.2, -0.15) is 0 Å². The summed E-state index contributed by atoms with van der Waals surface area (Å²) in [7, 11) is 0. The zero-order chi connectivity index (χ0) is 11.4. The first kappa shape index (κ1) is 11.9. The molecule has 0 aromatic carbocycles. The van der Waals surface area contributed by atoms with Gasteiger partial charge in [-0.15, -0.1) is 0 Å². The van der Waals surface area contributed by atoms with Crippen molar-refractivity contribution in [1.29, 1.82) is 0 Å². The Kier molecular flexibility index (Phi) is 4.22. The molecule has 2 heterocycles. The number of nitrogens with zero attached hydrogens (tertiary/aromatic N) is 1. The third-order valence-electron chi connectivity index (χ3n) is 3.98. The number of likely N-dealkylation sites (tertiary alicyclic amines) is 1. The quantitative estimate of drug-likeness (QED) is 0.792. The molecule has 0 aromatic heterocycles. The Hall–Kier alpha value is -0.570. The van der Waals surface area contributed by atoms with Gasteiger partial charge in [0.2, 0.25) is 5.91 Å². The van der Waals surface area contributed by atoms with E-state index in [1.165, 1.54) is 25.7 Å². The normalized spacial score (nSPS) is 27.3. The van der Waals surface area contributed by atoms with Gasteiger partial charge in [0.15, 0.2) is 0 Å². The summed E-state index contributed by atoms with van der Waals surface area (Å²) >= 11 is 0. The van der Waals surface area contributed by atoms with Crippen molar-refractivity contribution in [1.82, 2.24) is 10.2 Å². The monoisotopic (exact) mass is 224 g/mol. The standard InChI is InChI=1S/C13H24N2O/c1-2-4-11-6-9-15(10-7-11)13(16)12-5-3-8-14-12/h11-12,14H,2-10H2,1H3. The van der Waals surface area contributed by atoms with Crippen LogP contribution in [0.4, 0.5) is 0 Å². The van der Waals surface area contributed by atoms with Gasteiger partial charge in [0.25, 0.3) is 0 Å². The predicted molar refractivity (Wildman–Crippen MR) is 65.2 cm³/mol. The molecule has 0 radical (unpaired) electrons. The second-order valence-corrected chi connectivity index (χ2v) is 5.21. The summed E-state index contributed by atoms with van der Waals surface area (Å²) in [6.45, 7) is 5.24. The van der Waals surface area contributed by atoms with Crippen molar-refractivity contribution in [3.8, 4) is 0 Å². The molecule has 16 heavy (non-hydrogen) atoms. The SMILES string of the molecule is CCCC1CCN(C(=O)C2CCCN2)CC1. The van der Waals surface area contributed by atoms with E-state index in [1.807, 2.05) is 0 Å². The predicted octanol–water partition coefficient (Wildman–Crippen LogP) is 1.78. The zero-order valence-electron chi connectivity index (χ0n) is 10.4. The minimum atomic E-state index is 0.128. The van der Waals surface area contributed by atoms with Crippen LogP contribution in [0, 0.1) is 5.92 Å². The van der Waals surface area contributed by atoms with Crippen molar-refractivity contribution >= 4 is 5.91 Å². The molecule has 2 saturated heterocycles. The first-order valence-corrected chi connectivity index (χ1v) is 6.83. The smallest absolute Gasteiger partial charge is 0.239 e. The average molecular weight is 224 g/mol. The molecule has 2 aliphatic rings. The van der Waals surface area contributed by atoms with Crippen LogP contribution in [-0.2, 0) is 4.79 Å². The lowest BCUT2D eigenvalue weighted by Crippen LogP contribution is -2.46. The van der Waals surface area contributed by atoms with E-state index in [0.29, 0.717) is 5.91 Å². The molecule has 0 bridgehead atoms. The lowest BCUT2D eigenvalue weighted by atomic mass is 9.92. The number of hydrogen-bond acceptors (Lipinski definition) is 2. The fourth-order valence-corrected chi connectivity index (χ4v) is 2.97. The summed E-state index contributed by atoms with van der Waals surface area (Å²) in [5, 5.41) is 3.30. The van der Waals surface area contributed by atoms with Crippen LogP contribution in [0.3, 0.4) is 0 Å². The van der Waals surface area contributed by atoms with Crippen molar-refractivity contribution in [3.05, 3.63) is 0 Å². The van der Waals surface area contributed by atoms with Crippen LogP contribution in [0.25, 0.3) is 0 Å². The molecule has 2 rings (SSSR count). The third-order valence-corrected chi connectivity index (χ3v) is 3.98. The van der Waals surface area contributed by atoms with Gasteiger partial charge in [-0.05, 0) is 38.1 Å². The molecule has 1 atom stereocenters. The van der Waals surface area contributed by atoms with Gasteiger partial charge in [-0.1, -0.05) is 19.8 Å². The lowest BCUT2D eigenvalue weighted by Gasteiger charge is -2.33. The van der Waals surface area contributed by atoms with Gasteiger partial charge in [0, 0.05) is 13.1 Å². The molecule has 3 nitrogen and oxygen atoms in total. The Morgan fingerprint density at radius 2 is 2.06 bits per heavy atom. The van der Waals surface area contributed by atoms with Gasteiger partial charge < -0.3 is 10.2 Å². The Balaban J connectivity index is 1.77. The number of amides is 1. The van der Waals surface area contributed by atoms with Crippen molar-refractivity contribution in [2.24, 2.45) is 5.92 Å². The minimum Gasteiger partial charge on any atom is -0.341 e. The Morgan fingerprint density at radius 3 is 2.62 bits per heavy atom. The number of carbonyl (C=O) groups is 1. The average Bonchev–Trinajstić information content (AvgIpc) is 2.83. The molecule has 3 heteroatoms. The maximum Gasteiger partial charge on any atom is 0.239 e. The molecule has 2 aliphatic heterocycles. The summed E-state index contributed by atoms with van der Waals surface area (Å²) in [6.07, 6.45) is 7.24. The third kappa shape index (κ3) is 2.76. The molecule has 92 valence electrons. The molecular formula is C13H24N2O. The van der Waals surface area contributed by atoms with Gasteiger partial charge in [0.05, 0.1) is 6.04 Å². The zero-order valence-corrected chi connectivity index (χ0v) is 10.4. The summed E-state index contributed by atoms with van der Waals surface area (Å²) in [5.41, 5.74) is 0. The van der Waals surface area contributed by atoms with E-state index in [2.05, 4.69) is 17.1 Å². The second kappa shape index (κ2) is 5.67. The van der Waals surface area contributed by atoms with Gasteiger partial charge in [-0.25, -0.2) is 0 Å². The number of rotatable bonds is 3. The van der Waals surface area contributed by atoms with Crippen molar-refractivity contribution in [3.63, 3.8) is 0 Å². The molecule has 0 spiro atoms. The maximum atomic E-state index is 12.1. The van der Waals surface area contributed by atoms with Gasteiger partial charge in [0.1, 0.15) is 0 Å². The van der Waals surface area contributed by atoms with E-state index in [0.717, 1.165) is 38.4 Å². The Bertz CT molecular complexity index is 228. The Morgan fingerprint density at radius 1 is 1.31 bits per heavy atom. The fourth-order valence-electron chi connectivity index (χ4n) is 2.97. The largest absolute Gasteiger partial charge is 0.341 e. The van der Waals surface area contributed by atoms with Crippen molar-refractivity contribution < 1.29 is 4.79 Å². The maximum absolute atomic E-state index is 12.1. The number of hydrogen-bond donors (Lipinski definition) is 1. The van der Waals surface area contributed by atoms with Crippen LogP contribution in [0.5, 0.6) is 0 Å². The lowest BCUT2D eigenvalue weighted by molar-refractivity contribution is -0.134.